The molecule has 0 spiro atoms. The second-order valence-corrected chi connectivity index (χ2v) is 5.59. The second kappa shape index (κ2) is 7.07. The van der Waals surface area contributed by atoms with Crippen LogP contribution in [0.3, 0.4) is 0 Å². The quantitative estimate of drug-likeness (QED) is 0.771. The summed E-state index contributed by atoms with van der Waals surface area (Å²) in [5.74, 6) is -1.38. The standard InChI is InChI=1S/C15H18FN3O2.ClH/c16-9-3-4-11-12(7-14(20)19-13(11)6-9)15(21)18-10-2-1-5-17-8-10;/h3-4,6,10,12,17H,1-2,5,7-8H2,(H,18,21)(H,19,20);1H. The summed E-state index contributed by atoms with van der Waals surface area (Å²) in [6.07, 6.45) is 2.07. The van der Waals surface area contributed by atoms with Crippen LogP contribution in [0.1, 0.15) is 30.7 Å². The van der Waals surface area contributed by atoms with Gasteiger partial charge >= 0.3 is 0 Å². The van der Waals surface area contributed by atoms with Crippen molar-refractivity contribution in [3.05, 3.63) is 29.6 Å². The fourth-order valence-corrected chi connectivity index (χ4v) is 2.95. The predicted molar refractivity (Wildman–Crippen MR) is 83.7 cm³/mol. The summed E-state index contributed by atoms with van der Waals surface area (Å²) in [5.41, 5.74) is 1.07. The minimum atomic E-state index is -0.545. The van der Waals surface area contributed by atoms with Crippen LogP contribution in [-0.2, 0) is 9.59 Å². The van der Waals surface area contributed by atoms with E-state index in [1.165, 1.54) is 12.1 Å². The third-order valence-corrected chi connectivity index (χ3v) is 4.01. The number of fused-ring (bicyclic) bond motifs is 1. The van der Waals surface area contributed by atoms with Crippen molar-refractivity contribution < 1.29 is 14.0 Å². The number of halogens is 2. The highest BCUT2D eigenvalue weighted by molar-refractivity contribution is 6.01. The van der Waals surface area contributed by atoms with E-state index in [1.807, 2.05) is 0 Å². The number of hydrogen-bond donors (Lipinski definition) is 3. The van der Waals surface area contributed by atoms with Gasteiger partial charge in [-0.2, -0.15) is 0 Å². The zero-order chi connectivity index (χ0) is 14.8. The van der Waals surface area contributed by atoms with Crippen LogP contribution in [0.2, 0.25) is 0 Å². The van der Waals surface area contributed by atoms with Gasteiger partial charge in [-0.25, -0.2) is 4.39 Å². The van der Waals surface area contributed by atoms with Crippen LogP contribution in [-0.4, -0.2) is 30.9 Å². The molecule has 0 aromatic heterocycles. The molecule has 120 valence electrons. The lowest BCUT2D eigenvalue weighted by Gasteiger charge is -2.29. The zero-order valence-electron chi connectivity index (χ0n) is 12.0. The van der Waals surface area contributed by atoms with Gasteiger partial charge in [0.2, 0.25) is 11.8 Å². The van der Waals surface area contributed by atoms with E-state index >= 15 is 0 Å². The van der Waals surface area contributed by atoms with Crippen molar-refractivity contribution in [3.63, 3.8) is 0 Å². The van der Waals surface area contributed by atoms with E-state index in [2.05, 4.69) is 16.0 Å². The topological polar surface area (TPSA) is 70.2 Å². The smallest absolute Gasteiger partial charge is 0.228 e. The van der Waals surface area contributed by atoms with Crippen molar-refractivity contribution in [1.82, 2.24) is 10.6 Å². The third-order valence-electron chi connectivity index (χ3n) is 4.01. The maximum Gasteiger partial charge on any atom is 0.228 e. The molecular weight excluding hydrogens is 309 g/mol. The van der Waals surface area contributed by atoms with Crippen molar-refractivity contribution in [3.8, 4) is 0 Å². The summed E-state index contributed by atoms with van der Waals surface area (Å²) >= 11 is 0. The summed E-state index contributed by atoms with van der Waals surface area (Å²) in [6, 6.07) is 4.25. The molecule has 0 radical (unpaired) electrons. The monoisotopic (exact) mass is 327 g/mol. The Bertz CT molecular complexity index is 576. The van der Waals surface area contributed by atoms with Crippen LogP contribution in [0, 0.1) is 5.82 Å². The van der Waals surface area contributed by atoms with E-state index in [9.17, 15) is 14.0 Å². The molecule has 22 heavy (non-hydrogen) atoms. The highest BCUT2D eigenvalue weighted by Crippen LogP contribution is 2.33. The molecule has 7 heteroatoms. The molecule has 2 amide bonds. The Morgan fingerprint density at radius 3 is 2.91 bits per heavy atom. The van der Waals surface area contributed by atoms with E-state index < -0.39 is 11.7 Å². The first kappa shape index (κ1) is 16.7. The van der Waals surface area contributed by atoms with Crippen molar-refractivity contribution in [1.29, 1.82) is 0 Å². The van der Waals surface area contributed by atoms with Crippen LogP contribution >= 0.6 is 12.4 Å². The second-order valence-electron chi connectivity index (χ2n) is 5.59. The number of piperidine rings is 1. The summed E-state index contributed by atoms with van der Waals surface area (Å²) < 4.78 is 13.3. The first-order valence-corrected chi connectivity index (χ1v) is 7.24. The molecule has 3 rings (SSSR count). The average Bonchev–Trinajstić information content (AvgIpc) is 2.47. The van der Waals surface area contributed by atoms with Gasteiger partial charge in [-0.05, 0) is 37.1 Å². The molecule has 0 aliphatic carbocycles. The van der Waals surface area contributed by atoms with Gasteiger partial charge in [0.05, 0.1) is 5.92 Å². The Balaban J connectivity index is 0.00000176. The van der Waals surface area contributed by atoms with Crippen LogP contribution in [0.4, 0.5) is 10.1 Å². The normalized spacial score (nSPS) is 23.8. The predicted octanol–water partition coefficient (Wildman–Crippen LogP) is 1.54. The maximum atomic E-state index is 13.3. The highest BCUT2D eigenvalue weighted by Gasteiger charge is 2.32. The molecule has 2 heterocycles. The molecular formula is C15H19ClFN3O2. The first-order valence-electron chi connectivity index (χ1n) is 7.24. The Morgan fingerprint density at radius 1 is 1.36 bits per heavy atom. The number of carbonyl (C=O) groups excluding carboxylic acids is 2. The molecule has 0 saturated carbocycles. The molecule has 2 aliphatic rings. The molecule has 0 bridgehead atoms. The van der Waals surface area contributed by atoms with Gasteiger partial charge in [-0.15, -0.1) is 12.4 Å². The van der Waals surface area contributed by atoms with Crippen molar-refractivity contribution in [2.24, 2.45) is 0 Å². The summed E-state index contributed by atoms with van der Waals surface area (Å²) in [5, 5.41) is 8.84. The number of amides is 2. The molecule has 1 saturated heterocycles. The lowest BCUT2D eigenvalue weighted by atomic mass is 9.89. The highest BCUT2D eigenvalue weighted by atomic mass is 35.5. The van der Waals surface area contributed by atoms with E-state index in [1.54, 1.807) is 6.07 Å². The molecule has 2 aliphatic heterocycles. The van der Waals surface area contributed by atoms with Crippen molar-refractivity contribution in [2.45, 2.75) is 31.2 Å². The van der Waals surface area contributed by atoms with Crippen LogP contribution in [0.15, 0.2) is 18.2 Å². The molecule has 2 atom stereocenters. The minimum Gasteiger partial charge on any atom is -0.352 e. The van der Waals surface area contributed by atoms with Crippen molar-refractivity contribution in [2.75, 3.05) is 18.4 Å². The number of nitrogens with one attached hydrogen (secondary N) is 3. The Kier molecular flexibility index (Phi) is 5.37. The lowest BCUT2D eigenvalue weighted by molar-refractivity contribution is -0.127. The third kappa shape index (κ3) is 3.56. The summed E-state index contributed by atoms with van der Waals surface area (Å²) in [4.78, 5) is 24.2. The van der Waals surface area contributed by atoms with E-state index in [0.29, 0.717) is 11.3 Å². The largest absolute Gasteiger partial charge is 0.352 e. The average molecular weight is 328 g/mol. The number of rotatable bonds is 2. The summed E-state index contributed by atoms with van der Waals surface area (Å²) in [7, 11) is 0. The minimum absolute atomic E-state index is 0. The Morgan fingerprint density at radius 2 is 2.18 bits per heavy atom. The maximum absolute atomic E-state index is 13.3. The number of anilines is 1. The van der Waals surface area contributed by atoms with Gasteiger partial charge in [0, 0.05) is 24.7 Å². The van der Waals surface area contributed by atoms with Crippen LogP contribution in [0.25, 0.3) is 0 Å². The summed E-state index contributed by atoms with van der Waals surface area (Å²) in [6.45, 7) is 1.72. The van der Waals surface area contributed by atoms with Gasteiger partial charge in [0.25, 0.3) is 0 Å². The number of hydrogen-bond acceptors (Lipinski definition) is 3. The fraction of sp³-hybridized carbons (Fsp3) is 0.467. The van der Waals surface area contributed by atoms with Crippen molar-refractivity contribution >= 4 is 29.9 Å². The van der Waals surface area contributed by atoms with E-state index in [-0.39, 0.29) is 36.7 Å². The fourth-order valence-electron chi connectivity index (χ4n) is 2.95. The molecule has 3 N–H and O–H groups in total. The molecule has 1 aromatic rings. The van der Waals surface area contributed by atoms with Gasteiger partial charge in [0.1, 0.15) is 5.82 Å². The van der Waals surface area contributed by atoms with Crippen LogP contribution < -0.4 is 16.0 Å². The van der Waals surface area contributed by atoms with Gasteiger partial charge < -0.3 is 16.0 Å². The van der Waals surface area contributed by atoms with E-state index in [4.69, 9.17) is 0 Å². The van der Waals surface area contributed by atoms with Gasteiger partial charge in [-0.3, -0.25) is 9.59 Å². The van der Waals surface area contributed by atoms with Gasteiger partial charge in [0.15, 0.2) is 0 Å². The van der Waals surface area contributed by atoms with Gasteiger partial charge in [-0.1, -0.05) is 6.07 Å². The van der Waals surface area contributed by atoms with Crippen LogP contribution in [0.5, 0.6) is 0 Å². The number of carbonyl (C=O) groups is 2. The molecule has 1 aromatic carbocycles. The Labute approximate surface area is 134 Å². The van der Waals surface area contributed by atoms with E-state index in [0.717, 1.165) is 25.9 Å². The molecule has 5 nitrogen and oxygen atoms in total. The molecule has 1 fully saturated rings. The lowest BCUT2D eigenvalue weighted by Crippen LogP contribution is -2.47. The SMILES string of the molecule is Cl.O=C1CC(C(=O)NC2CCCNC2)c2ccc(F)cc2N1. The first-order chi connectivity index (χ1) is 10.1. The molecule has 2 unspecified atom stereocenters. The number of benzene rings is 1. The zero-order valence-corrected chi connectivity index (χ0v) is 12.8. The Hall–Kier alpha value is -1.66.